The van der Waals surface area contributed by atoms with Crippen LogP contribution in [0.1, 0.15) is 51.5 Å². The van der Waals surface area contributed by atoms with Gasteiger partial charge >= 0.3 is 5.97 Å². The van der Waals surface area contributed by atoms with Crippen LogP contribution in [0.15, 0.2) is 30.3 Å². The number of carboxylic acids is 1. The highest BCUT2D eigenvalue weighted by Gasteiger charge is 2.32. The predicted octanol–water partition coefficient (Wildman–Crippen LogP) is 3.54. The van der Waals surface area contributed by atoms with E-state index in [-0.39, 0.29) is 12.5 Å². The van der Waals surface area contributed by atoms with Crippen molar-refractivity contribution < 1.29 is 19.5 Å². The molecule has 2 atom stereocenters. The van der Waals surface area contributed by atoms with E-state index in [9.17, 15) is 14.7 Å². The molecule has 2 N–H and O–H groups in total. The number of carbonyl (C=O) groups is 2. The molecule has 1 aromatic carbocycles. The van der Waals surface area contributed by atoms with E-state index in [0.717, 1.165) is 24.8 Å². The zero-order valence-corrected chi connectivity index (χ0v) is 14.0. The van der Waals surface area contributed by atoms with Crippen molar-refractivity contribution in [2.45, 2.75) is 52.6 Å². The molecule has 0 aliphatic rings. The van der Waals surface area contributed by atoms with Crippen molar-refractivity contribution in [2.75, 3.05) is 0 Å². The van der Waals surface area contributed by atoms with Crippen LogP contribution in [0.5, 0.6) is 0 Å². The summed E-state index contributed by atoms with van der Waals surface area (Å²) in [4.78, 5) is 28.9. The van der Waals surface area contributed by atoms with Gasteiger partial charge in [0, 0.05) is 0 Å². The number of hydrogen-bond donors (Lipinski definition) is 2. The number of hydroxylamine groups is 1. The fraction of sp³-hybridized carbons (Fsp3) is 0.556. The van der Waals surface area contributed by atoms with Crippen molar-refractivity contribution in [1.29, 1.82) is 0 Å². The second kappa shape index (κ2) is 10.8. The normalized spacial score (nSPS) is 13.3. The van der Waals surface area contributed by atoms with Crippen molar-refractivity contribution >= 4 is 11.9 Å². The largest absolute Gasteiger partial charge is 0.481 e. The van der Waals surface area contributed by atoms with Gasteiger partial charge in [-0.15, -0.1) is 0 Å². The number of benzene rings is 1. The summed E-state index contributed by atoms with van der Waals surface area (Å²) >= 11 is 0. The topological polar surface area (TPSA) is 75.6 Å². The van der Waals surface area contributed by atoms with Gasteiger partial charge in [-0.05, 0) is 18.4 Å². The Bertz CT molecular complexity index is 475. The van der Waals surface area contributed by atoms with Crippen LogP contribution in [0, 0.1) is 11.8 Å². The summed E-state index contributed by atoms with van der Waals surface area (Å²) in [7, 11) is 0. The van der Waals surface area contributed by atoms with Crippen LogP contribution in [-0.4, -0.2) is 17.0 Å². The highest BCUT2D eigenvalue weighted by molar-refractivity contribution is 5.84. The van der Waals surface area contributed by atoms with Crippen LogP contribution in [0.4, 0.5) is 0 Å². The Kier molecular flexibility index (Phi) is 8.98. The molecular weight excluding hydrogens is 294 g/mol. The van der Waals surface area contributed by atoms with E-state index in [1.54, 1.807) is 0 Å². The number of carbonyl (C=O) groups excluding carboxylic acids is 1. The van der Waals surface area contributed by atoms with E-state index < -0.39 is 17.8 Å². The number of rotatable bonds is 11. The summed E-state index contributed by atoms with van der Waals surface area (Å²) in [6, 6.07) is 9.48. The minimum absolute atomic E-state index is 0.261. The highest BCUT2D eigenvalue weighted by Crippen LogP contribution is 2.23. The Hall–Kier alpha value is -1.88. The first kappa shape index (κ1) is 19.2. The summed E-state index contributed by atoms with van der Waals surface area (Å²) in [6.45, 7) is 4.16. The zero-order valence-electron chi connectivity index (χ0n) is 14.0. The summed E-state index contributed by atoms with van der Waals surface area (Å²) in [5.74, 6) is -2.49. The molecule has 0 bridgehead atoms. The standard InChI is InChI=1S/C18H27NO4/c1-3-5-7-12-16(18(21)22)15(4-2)17(20)19-23-13-14-10-8-6-9-11-14/h6,8-11,15-16H,3-5,7,12-13H2,1-2H3,(H,19,20)(H,21,22)/t15-,16-/m1/s1. The van der Waals surface area contributed by atoms with Crippen LogP contribution in [0.3, 0.4) is 0 Å². The maximum absolute atomic E-state index is 12.2. The molecule has 5 heteroatoms. The number of carboxylic acid groups (broad SMARTS) is 1. The van der Waals surface area contributed by atoms with E-state index in [0.29, 0.717) is 12.8 Å². The molecule has 1 rings (SSSR count). The Morgan fingerprint density at radius 3 is 2.39 bits per heavy atom. The SMILES string of the molecule is CCCCC[C@@H](C(=O)O)[C@@H](CC)C(=O)NOCc1ccccc1. The maximum Gasteiger partial charge on any atom is 0.307 e. The van der Waals surface area contributed by atoms with E-state index in [4.69, 9.17) is 4.84 Å². The van der Waals surface area contributed by atoms with Gasteiger partial charge in [-0.2, -0.15) is 0 Å². The Labute approximate surface area is 138 Å². The van der Waals surface area contributed by atoms with Crippen molar-refractivity contribution in [1.82, 2.24) is 5.48 Å². The molecule has 5 nitrogen and oxygen atoms in total. The zero-order chi connectivity index (χ0) is 17.1. The first-order chi connectivity index (χ1) is 11.1. The molecule has 1 aromatic rings. The smallest absolute Gasteiger partial charge is 0.307 e. The molecule has 0 radical (unpaired) electrons. The van der Waals surface area contributed by atoms with E-state index in [1.807, 2.05) is 37.3 Å². The first-order valence-electron chi connectivity index (χ1n) is 8.28. The third kappa shape index (κ3) is 6.82. The molecule has 0 saturated carbocycles. The molecule has 0 spiro atoms. The van der Waals surface area contributed by atoms with Gasteiger partial charge in [-0.25, -0.2) is 5.48 Å². The fourth-order valence-electron chi connectivity index (χ4n) is 2.60. The predicted molar refractivity (Wildman–Crippen MR) is 88.4 cm³/mol. The monoisotopic (exact) mass is 321 g/mol. The minimum Gasteiger partial charge on any atom is -0.481 e. The van der Waals surface area contributed by atoms with Crippen molar-refractivity contribution in [2.24, 2.45) is 11.8 Å². The quantitative estimate of drug-likeness (QED) is 0.483. The molecule has 0 aliphatic heterocycles. The molecule has 128 valence electrons. The number of amides is 1. The summed E-state index contributed by atoms with van der Waals surface area (Å²) in [5, 5.41) is 9.41. The first-order valence-corrected chi connectivity index (χ1v) is 8.28. The van der Waals surface area contributed by atoms with Gasteiger partial charge < -0.3 is 5.11 Å². The third-order valence-corrected chi connectivity index (χ3v) is 3.95. The van der Waals surface area contributed by atoms with E-state index >= 15 is 0 Å². The molecule has 0 unspecified atom stereocenters. The summed E-state index contributed by atoms with van der Waals surface area (Å²) in [6.07, 6.45) is 3.82. The Morgan fingerprint density at radius 1 is 1.13 bits per heavy atom. The third-order valence-electron chi connectivity index (χ3n) is 3.95. The van der Waals surface area contributed by atoms with Crippen LogP contribution in [0.25, 0.3) is 0 Å². The lowest BCUT2D eigenvalue weighted by atomic mass is 9.85. The second-order valence-corrected chi connectivity index (χ2v) is 5.70. The van der Waals surface area contributed by atoms with Gasteiger partial charge in [0.1, 0.15) is 0 Å². The highest BCUT2D eigenvalue weighted by atomic mass is 16.6. The molecule has 23 heavy (non-hydrogen) atoms. The van der Waals surface area contributed by atoms with Gasteiger partial charge in [-0.3, -0.25) is 14.4 Å². The lowest BCUT2D eigenvalue weighted by Gasteiger charge is -2.21. The summed E-state index contributed by atoms with van der Waals surface area (Å²) in [5.41, 5.74) is 3.35. The average molecular weight is 321 g/mol. The van der Waals surface area contributed by atoms with Crippen molar-refractivity contribution in [3.63, 3.8) is 0 Å². The van der Waals surface area contributed by atoms with E-state index in [2.05, 4.69) is 12.4 Å². The Morgan fingerprint density at radius 2 is 1.83 bits per heavy atom. The van der Waals surface area contributed by atoms with Crippen LogP contribution in [-0.2, 0) is 21.0 Å². The summed E-state index contributed by atoms with van der Waals surface area (Å²) < 4.78 is 0. The molecule has 0 heterocycles. The minimum atomic E-state index is -0.911. The molecular formula is C18H27NO4. The van der Waals surface area contributed by atoms with Gasteiger partial charge in [-0.1, -0.05) is 63.4 Å². The lowest BCUT2D eigenvalue weighted by molar-refractivity contribution is -0.152. The van der Waals surface area contributed by atoms with Gasteiger partial charge in [0.05, 0.1) is 18.4 Å². The average Bonchev–Trinajstić information content (AvgIpc) is 2.55. The van der Waals surface area contributed by atoms with Gasteiger partial charge in [0.15, 0.2) is 0 Å². The second-order valence-electron chi connectivity index (χ2n) is 5.70. The number of hydrogen-bond acceptors (Lipinski definition) is 3. The lowest BCUT2D eigenvalue weighted by Crippen LogP contribution is -2.37. The van der Waals surface area contributed by atoms with Crippen LogP contribution >= 0.6 is 0 Å². The molecule has 0 saturated heterocycles. The molecule has 0 aromatic heterocycles. The molecule has 0 fully saturated rings. The van der Waals surface area contributed by atoms with Crippen LogP contribution < -0.4 is 5.48 Å². The molecule has 0 aliphatic carbocycles. The molecule has 1 amide bonds. The number of unbranched alkanes of at least 4 members (excludes halogenated alkanes) is 2. The van der Waals surface area contributed by atoms with Gasteiger partial charge in [0.2, 0.25) is 5.91 Å². The van der Waals surface area contributed by atoms with Crippen molar-refractivity contribution in [3.8, 4) is 0 Å². The number of aliphatic carboxylic acids is 1. The number of nitrogens with one attached hydrogen (secondary N) is 1. The van der Waals surface area contributed by atoms with Crippen molar-refractivity contribution in [3.05, 3.63) is 35.9 Å². The maximum atomic E-state index is 12.2. The van der Waals surface area contributed by atoms with Crippen LogP contribution in [0.2, 0.25) is 0 Å². The fourth-order valence-corrected chi connectivity index (χ4v) is 2.60. The van der Waals surface area contributed by atoms with Gasteiger partial charge in [0.25, 0.3) is 0 Å². The Balaban J connectivity index is 2.52. The van der Waals surface area contributed by atoms with E-state index in [1.165, 1.54) is 0 Å².